The molecule has 5 N–H and O–H groups in total. The number of hydrogen-bond donors (Lipinski definition) is 5. The standard InChI is InChI=1S/C20H23N3O8S2/c1-12(2)21-20(25)23-17-9-7-15(19(11-17)33(29,30)31)5-4-14-6-8-16(22-13(3)24)10-18(14)32(26,27)28/h4-12H,1-3H3,(H,22,24)(H2,21,23,25)(H,26,27,28)(H,29,30,31)/b5-4+. The molecule has 0 atom stereocenters. The summed E-state index contributed by atoms with van der Waals surface area (Å²) in [6.45, 7) is 4.70. The molecule has 0 unspecified atom stereocenters. The monoisotopic (exact) mass is 497 g/mol. The van der Waals surface area contributed by atoms with Crippen molar-refractivity contribution in [3.63, 3.8) is 0 Å². The summed E-state index contributed by atoms with van der Waals surface area (Å²) in [7, 11) is -9.41. The molecule has 0 bridgehead atoms. The number of anilines is 2. The van der Waals surface area contributed by atoms with Gasteiger partial charge in [-0.25, -0.2) is 4.79 Å². The number of urea groups is 1. The summed E-state index contributed by atoms with van der Waals surface area (Å²) in [5.41, 5.74) is 0.197. The molecule has 2 aromatic carbocycles. The Morgan fingerprint density at radius 1 is 0.818 bits per heavy atom. The summed E-state index contributed by atoms with van der Waals surface area (Å²) in [6.07, 6.45) is 2.42. The molecular formula is C20H23N3O8S2. The number of hydrogen-bond acceptors (Lipinski definition) is 6. The van der Waals surface area contributed by atoms with Crippen molar-refractivity contribution >= 4 is 55.7 Å². The maximum Gasteiger partial charge on any atom is 0.319 e. The molecule has 0 fully saturated rings. The van der Waals surface area contributed by atoms with Crippen molar-refractivity contribution in [3.8, 4) is 0 Å². The fourth-order valence-electron chi connectivity index (χ4n) is 2.76. The van der Waals surface area contributed by atoms with Gasteiger partial charge in [-0.05, 0) is 49.2 Å². The summed E-state index contributed by atoms with van der Waals surface area (Å²) < 4.78 is 66.4. The first-order valence-corrected chi connectivity index (χ1v) is 12.3. The van der Waals surface area contributed by atoms with Crippen LogP contribution in [-0.4, -0.2) is 43.9 Å². The lowest BCUT2D eigenvalue weighted by molar-refractivity contribution is -0.114. The van der Waals surface area contributed by atoms with Gasteiger partial charge in [-0.2, -0.15) is 16.8 Å². The maximum atomic E-state index is 11.9. The van der Waals surface area contributed by atoms with Crippen molar-refractivity contribution < 1.29 is 35.5 Å². The van der Waals surface area contributed by atoms with Crippen LogP contribution >= 0.6 is 0 Å². The maximum absolute atomic E-state index is 11.9. The second-order valence-corrected chi connectivity index (χ2v) is 10.0. The number of rotatable bonds is 7. The van der Waals surface area contributed by atoms with Gasteiger partial charge in [0.05, 0.1) is 0 Å². The first-order valence-electron chi connectivity index (χ1n) is 9.43. The third-order valence-electron chi connectivity index (χ3n) is 4.02. The van der Waals surface area contributed by atoms with Crippen LogP contribution in [0.25, 0.3) is 12.2 Å². The molecule has 0 aliphatic heterocycles. The van der Waals surface area contributed by atoms with Crippen LogP contribution in [0.3, 0.4) is 0 Å². The number of carbonyl (C=O) groups excluding carboxylic acids is 2. The summed E-state index contributed by atoms with van der Waals surface area (Å²) in [4.78, 5) is 22.0. The predicted molar refractivity (Wildman–Crippen MR) is 123 cm³/mol. The molecule has 2 rings (SSSR count). The largest absolute Gasteiger partial charge is 0.336 e. The van der Waals surface area contributed by atoms with E-state index >= 15 is 0 Å². The van der Waals surface area contributed by atoms with Crippen molar-refractivity contribution in [3.05, 3.63) is 47.5 Å². The zero-order valence-electron chi connectivity index (χ0n) is 17.9. The average Bonchev–Trinajstić information content (AvgIpc) is 2.65. The van der Waals surface area contributed by atoms with Crippen LogP contribution in [0.2, 0.25) is 0 Å². The molecule has 0 aliphatic carbocycles. The third kappa shape index (κ3) is 7.68. The predicted octanol–water partition coefficient (Wildman–Crippen LogP) is 2.84. The highest BCUT2D eigenvalue weighted by atomic mass is 32.2. The van der Waals surface area contributed by atoms with Crippen LogP contribution in [0.5, 0.6) is 0 Å². The molecule has 0 saturated heterocycles. The van der Waals surface area contributed by atoms with Gasteiger partial charge in [0.1, 0.15) is 9.79 Å². The number of nitrogens with one attached hydrogen (secondary N) is 3. The minimum atomic E-state index is -4.72. The van der Waals surface area contributed by atoms with Gasteiger partial charge in [-0.3, -0.25) is 13.9 Å². The fourth-order valence-corrected chi connectivity index (χ4v) is 4.18. The Labute approximate surface area is 191 Å². The zero-order valence-corrected chi connectivity index (χ0v) is 19.5. The number of amides is 3. The fraction of sp³-hybridized carbons (Fsp3) is 0.200. The SMILES string of the molecule is CC(=O)Nc1ccc(/C=C/c2ccc(NC(=O)NC(C)C)cc2S(=O)(=O)O)c(S(=O)(=O)O)c1. The van der Waals surface area contributed by atoms with E-state index in [0.29, 0.717) is 0 Å². The van der Waals surface area contributed by atoms with E-state index in [9.17, 15) is 35.5 Å². The molecule has 178 valence electrons. The van der Waals surface area contributed by atoms with E-state index < -0.39 is 42.0 Å². The minimum Gasteiger partial charge on any atom is -0.336 e. The Hall–Kier alpha value is -3.26. The molecule has 33 heavy (non-hydrogen) atoms. The summed E-state index contributed by atoms with van der Waals surface area (Å²) in [5.74, 6) is -0.451. The van der Waals surface area contributed by atoms with E-state index in [1.807, 2.05) is 0 Å². The molecule has 2 aromatic rings. The molecule has 0 radical (unpaired) electrons. The van der Waals surface area contributed by atoms with Gasteiger partial charge in [0.25, 0.3) is 20.2 Å². The normalized spacial score (nSPS) is 12.1. The quantitative estimate of drug-likeness (QED) is 0.286. The molecule has 13 heteroatoms. The highest BCUT2D eigenvalue weighted by molar-refractivity contribution is 7.86. The Kier molecular flexibility index (Phi) is 7.97. The summed E-state index contributed by atoms with van der Waals surface area (Å²) in [6, 6.07) is 6.71. The summed E-state index contributed by atoms with van der Waals surface area (Å²) >= 11 is 0. The van der Waals surface area contributed by atoms with Crippen LogP contribution in [-0.2, 0) is 25.0 Å². The second-order valence-electron chi connectivity index (χ2n) is 7.22. The zero-order chi connectivity index (χ0) is 25.0. The molecule has 0 spiro atoms. The first kappa shape index (κ1) is 26.0. The molecule has 0 saturated carbocycles. The van der Waals surface area contributed by atoms with Gasteiger partial charge in [0.15, 0.2) is 0 Å². The molecule has 11 nitrogen and oxygen atoms in total. The lowest BCUT2D eigenvalue weighted by Gasteiger charge is -2.12. The highest BCUT2D eigenvalue weighted by Gasteiger charge is 2.18. The Morgan fingerprint density at radius 2 is 1.24 bits per heavy atom. The summed E-state index contributed by atoms with van der Waals surface area (Å²) in [5, 5.41) is 7.40. The van der Waals surface area contributed by atoms with E-state index in [4.69, 9.17) is 0 Å². The molecule has 0 aromatic heterocycles. The Morgan fingerprint density at radius 3 is 1.61 bits per heavy atom. The van der Waals surface area contributed by atoms with Crippen molar-refractivity contribution in [1.29, 1.82) is 0 Å². The van der Waals surface area contributed by atoms with E-state index in [-0.39, 0.29) is 28.5 Å². The second kappa shape index (κ2) is 10.1. The van der Waals surface area contributed by atoms with Crippen LogP contribution in [0.1, 0.15) is 31.9 Å². The molecule has 3 amide bonds. The van der Waals surface area contributed by atoms with E-state index in [2.05, 4.69) is 16.0 Å². The van der Waals surface area contributed by atoms with Crippen LogP contribution < -0.4 is 16.0 Å². The van der Waals surface area contributed by atoms with Crippen molar-refractivity contribution in [1.82, 2.24) is 5.32 Å². The van der Waals surface area contributed by atoms with Gasteiger partial charge < -0.3 is 16.0 Å². The van der Waals surface area contributed by atoms with Crippen molar-refractivity contribution in [2.24, 2.45) is 0 Å². The van der Waals surface area contributed by atoms with Crippen molar-refractivity contribution in [2.45, 2.75) is 36.6 Å². The van der Waals surface area contributed by atoms with Crippen LogP contribution in [0.4, 0.5) is 16.2 Å². The lowest BCUT2D eigenvalue weighted by Crippen LogP contribution is -2.34. The topological polar surface area (TPSA) is 179 Å². The van der Waals surface area contributed by atoms with Gasteiger partial charge in [-0.1, -0.05) is 24.3 Å². The van der Waals surface area contributed by atoms with Gasteiger partial charge in [0.2, 0.25) is 5.91 Å². The minimum absolute atomic E-state index is 0.00796. The van der Waals surface area contributed by atoms with E-state index in [1.54, 1.807) is 13.8 Å². The molecule has 0 heterocycles. The van der Waals surface area contributed by atoms with Gasteiger partial charge in [0, 0.05) is 24.3 Å². The molecule has 0 aliphatic rings. The van der Waals surface area contributed by atoms with E-state index in [0.717, 1.165) is 12.1 Å². The number of benzene rings is 2. The Balaban J connectivity index is 2.48. The van der Waals surface area contributed by atoms with Crippen molar-refractivity contribution in [2.75, 3.05) is 10.6 Å². The van der Waals surface area contributed by atoms with Crippen LogP contribution in [0, 0.1) is 0 Å². The molecular weight excluding hydrogens is 474 g/mol. The highest BCUT2D eigenvalue weighted by Crippen LogP contribution is 2.26. The Bertz CT molecular complexity index is 1320. The average molecular weight is 498 g/mol. The van der Waals surface area contributed by atoms with Gasteiger partial charge >= 0.3 is 6.03 Å². The smallest absolute Gasteiger partial charge is 0.319 e. The third-order valence-corrected chi connectivity index (χ3v) is 5.84. The number of carbonyl (C=O) groups is 2. The first-order chi connectivity index (χ1) is 15.2. The lowest BCUT2D eigenvalue weighted by atomic mass is 10.1. The van der Waals surface area contributed by atoms with Gasteiger partial charge in [-0.15, -0.1) is 0 Å². The van der Waals surface area contributed by atoms with Crippen LogP contribution in [0.15, 0.2) is 46.2 Å². The van der Waals surface area contributed by atoms with E-state index in [1.165, 1.54) is 43.3 Å².